The Morgan fingerprint density at radius 3 is 2.57 bits per heavy atom. The summed E-state index contributed by atoms with van der Waals surface area (Å²) in [6.45, 7) is 4.28. The number of pyridine rings is 1. The van der Waals surface area contributed by atoms with E-state index >= 15 is 0 Å². The smallest absolute Gasteiger partial charge is 0.133 e. The van der Waals surface area contributed by atoms with E-state index in [2.05, 4.69) is 42.3 Å². The molecule has 0 aliphatic heterocycles. The van der Waals surface area contributed by atoms with Crippen LogP contribution in [0.25, 0.3) is 10.8 Å². The molecule has 2 heteroatoms. The highest BCUT2D eigenvalue weighted by Crippen LogP contribution is 2.25. The van der Waals surface area contributed by atoms with Crippen LogP contribution in [0.4, 0.5) is 5.82 Å². The Morgan fingerprint density at radius 2 is 1.86 bits per heavy atom. The van der Waals surface area contributed by atoms with Crippen molar-refractivity contribution in [2.24, 2.45) is 0 Å². The molecule has 2 aromatic rings. The third kappa shape index (κ3) is 1.23. The van der Waals surface area contributed by atoms with Crippen LogP contribution in [0.5, 0.6) is 0 Å². The van der Waals surface area contributed by atoms with Gasteiger partial charge in [-0.05, 0) is 36.4 Å². The zero-order valence-electron chi connectivity index (χ0n) is 8.76. The minimum atomic E-state index is 0.950. The van der Waals surface area contributed by atoms with Crippen molar-refractivity contribution in [3.05, 3.63) is 35.5 Å². The molecule has 72 valence electrons. The molecule has 0 amide bonds. The lowest BCUT2D eigenvalue weighted by molar-refractivity contribution is 1.30. The second-order valence-corrected chi connectivity index (χ2v) is 3.51. The van der Waals surface area contributed by atoms with Crippen molar-refractivity contribution < 1.29 is 0 Å². The quantitative estimate of drug-likeness (QED) is 0.740. The summed E-state index contributed by atoms with van der Waals surface area (Å²) in [6.07, 6.45) is 1.85. The molecule has 1 aromatic heterocycles. The molecular formula is C12H14N2. The topological polar surface area (TPSA) is 24.9 Å². The normalized spacial score (nSPS) is 10.5. The molecule has 1 heterocycles. The third-order valence-corrected chi connectivity index (χ3v) is 2.72. The van der Waals surface area contributed by atoms with Crippen molar-refractivity contribution in [3.8, 4) is 0 Å². The van der Waals surface area contributed by atoms with Gasteiger partial charge in [-0.3, -0.25) is 0 Å². The summed E-state index contributed by atoms with van der Waals surface area (Å²) in [4.78, 5) is 4.29. The van der Waals surface area contributed by atoms with Gasteiger partial charge in [0.1, 0.15) is 5.82 Å². The molecule has 0 radical (unpaired) electrons. The van der Waals surface area contributed by atoms with Gasteiger partial charge in [0.2, 0.25) is 0 Å². The number of hydrogen-bond acceptors (Lipinski definition) is 2. The monoisotopic (exact) mass is 186 g/mol. The van der Waals surface area contributed by atoms with Crippen molar-refractivity contribution in [3.63, 3.8) is 0 Å². The zero-order chi connectivity index (χ0) is 10.1. The van der Waals surface area contributed by atoms with Crippen molar-refractivity contribution >= 4 is 16.6 Å². The number of anilines is 1. The van der Waals surface area contributed by atoms with Crippen LogP contribution in [-0.2, 0) is 0 Å². The maximum absolute atomic E-state index is 4.29. The number of hydrogen-bond donors (Lipinski definition) is 1. The van der Waals surface area contributed by atoms with Crippen molar-refractivity contribution in [2.45, 2.75) is 13.8 Å². The van der Waals surface area contributed by atoms with E-state index in [1.165, 1.54) is 21.9 Å². The standard InChI is InChI=1S/C12H14N2/c1-8-4-5-11-10(9(8)2)6-7-14-12(11)13-3/h4-7H,1-3H3,(H,13,14). The zero-order valence-corrected chi connectivity index (χ0v) is 8.76. The number of rotatable bonds is 1. The lowest BCUT2D eigenvalue weighted by Crippen LogP contribution is -1.94. The fraction of sp³-hybridized carbons (Fsp3) is 0.250. The van der Waals surface area contributed by atoms with E-state index in [0.29, 0.717) is 0 Å². The molecule has 0 saturated carbocycles. The molecule has 14 heavy (non-hydrogen) atoms. The fourth-order valence-corrected chi connectivity index (χ4v) is 1.71. The van der Waals surface area contributed by atoms with Crippen LogP contribution in [0.1, 0.15) is 11.1 Å². The molecule has 1 N–H and O–H groups in total. The predicted molar refractivity (Wildman–Crippen MR) is 60.8 cm³/mol. The highest BCUT2D eigenvalue weighted by atomic mass is 14.9. The molecule has 0 fully saturated rings. The van der Waals surface area contributed by atoms with Crippen molar-refractivity contribution in [2.75, 3.05) is 12.4 Å². The lowest BCUT2D eigenvalue weighted by Gasteiger charge is -2.08. The van der Waals surface area contributed by atoms with Crippen molar-refractivity contribution in [1.82, 2.24) is 4.98 Å². The Bertz CT molecular complexity index is 475. The van der Waals surface area contributed by atoms with Gasteiger partial charge in [-0.2, -0.15) is 0 Å². The second kappa shape index (κ2) is 3.29. The summed E-state index contributed by atoms with van der Waals surface area (Å²) in [5, 5.41) is 5.58. The number of benzene rings is 1. The fourth-order valence-electron chi connectivity index (χ4n) is 1.71. The Morgan fingerprint density at radius 1 is 1.07 bits per heavy atom. The van der Waals surface area contributed by atoms with Gasteiger partial charge < -0.3 is 5.32 Å². The molecule has 0 spiro atoms. The first kappa shape index (κ1) is 9.00. The van der Waals surface area contributed by atoms with Crippen LogP contribution in [0.3, 0.4) is 0 Å². The van der Waals surface area contributed by atoms with Gasteiger partial charge in [0.15, 0.2) is 0 Å². The highest BCUT2D eigenvalue weighted by Gasteiger charge is 2.03. The maximum atomic E-state index is 4.29. The highest BCUT2D eigenvalue weighted by molar-refractivity contribution is 5.94. The molecule has 2 rings (SSSR count). The minimum absolute atomic E-state index is 0.950. The Hall–Kier alpha value is -1.57. The first-order chi connectivity index (χ1) is 6.74. The van der Waals surface area contributed by atoms with Gasteiger partial charge in [-0.15, -0.1) is 0 Å². The number of nitrogens with one attached hydrogen (secondary N) is 1. The van der Waals surface area contributed by atoms with Crippen LogP contribution < -0.4 is 5.32 Å². The van der Waals surface area contributed by atoms with E-state index in [1.54, 1.807) is 0 Å². The summed E-state index contributed by atoms with van der Waals surface area (Å²) in [7, 11) is 1.90. The molecular weight excluding hydrogens is 172 g/mol. The summed E-state index contributed by atoms with van der Waals surface area (Å²) in [5.41, 5.74) is 2.66. The lowest BCUT2D eigenvalue weighted by atomic mass is 10.0. The number of aryl methyl sites for hydroxylation is 2. The van der Waals surface area contributed by atoms with Gasteiger partial charge in [-0.1, -0.05) is 12.1 Å². The Labute approximate surface area is 84.0 Å². The van der Waals surface area contributed by atoms with Gasteiger partial charge in [-0.25, -0.2) is 4.98 Å². The molecule has 0 saturated heterocycles. The average Bonchev–Trinajstić information content (AvgIpc) is 2.23. The van der Waals surface area contributed by atoms with E-state index in [1.807, 2.05) is 13.2 Å². The summed E-state index contributed by atoms with van der Waals surface area (Å²) >= 11 is 0. The van der Waals surface area contributed by atoms with Crippen LogP contribution in [-0.4, -0.2) is 12.0 Å². The predicted octanol–water partition coefficient (Wildman–Crippen LogP) is 2.89. The molecule has 2 nitrogen and oxygen atoms in total. The molecule has 0 atom stereocenters. The summed E-state index contributed by atoms with van der Waals surface area (Å²) < 4.78 is 0. The van der Waals surface area contributed by atoms with Crippen LogP contribution in [0.15, 0.2) is 24.4 Å². The van der Waals surface area contributed by atoms with Gasteiger partial charge in [0, 0.05) is 18.6 Å². The van der Waals surface area contributed by atoms with E-state index in [0.717, 1.165) is 5.82 Å². The minimum Gasteiger partial charge on any atom is -0.373 e. The van der Waals surface area contributed by atoms with E-state index in [9.17, 15) is 0 Å². The number of fused-ring (bicyclic) bond motifs is 1. The Balaban J connectivity index is 2.86. The van der Waals surface area contributed by atoms with E-state index in [-0.39, 0.29) is 0 Å². The number of nitrogens with zero attached hydrogens (tertiary/aromatic N) is 1. The first-order valence-corrected chi connectivity index (χ1v) is 4.76. The molecule has 0 unspecified atom stereocenters. The maximum Gasteiger partial charge on any atom is 0.133 e. The SMILES string of the molecule is CNc1nccc2c(C)c(C)ccc12. The molecule has 0 aliphatic rings. The van der Waals surface area contributed by atoms with Crippen LogP contribution >= 0.6 is 0 Å². The van der Waals surface area contributed by atoms with Crippen LogP contribution in [0.2, 0.25) is 0 Å². The molecule has 0 aliphatic carbocycles. The molecule has 0 bridgehead atoms. The van der Waals surface area contributed by atoms with Crippen molar-refractivity contribution in [1.29, 1.82) is 0 Å². The van der Waals surface area contributed by atoms with Crippen LogP contribution in [0, 0.1) is 13.8 Å². The van der Waals surface area contributed by atoms with Gasteiger partial charge >= 0.3 is 0 Å². The average molecular weight is 186 g/mol. The third-order valence-electron chi connectivity index (χ3n) is 2.72. The largest absolute Gasteiger partial charge is 0.373 e. The molecule has 1 aromatic carbocycles. The summed E-state index contributed by atoms with van der Waals surface area (Å²) in [6, 6.07) is 6.33. The van der Waals surface area contributed by atoms with E-state index < -0.39 is 0 Å². The first-order valence-electron chi connectivity index (χ1n) is 4.76. The Kier molecular flexibility index (Phi) is 2.12. The summed E-state index contributed by atoms with van der Waals surface area (Å²) in [5.74, 6) is 0.950. The van der Waals surface area contributed by atoms with Gasteiger partial charge in [0.25, 0.3) is 0 Å². The van der Waals surface area contributed by atoms with Gasteiger partial charge in [0.05, 0.1) is 0 Å². The van der Waals surface area contributed by atoms with E-state index in [4.69, 9.17) is 0 Å². The second-order valence-electron chi connectivity index (χ2n) is 3.51. The number of aromatic nitrogens is 1.